The Morgan fingerprint density at radius 1 is 1.08 bits per heavy atom. The van der Waals surface area contributed by atoms with Crippen molar-refractivity contribution in [2.24, 2.45) is 0 Å². The van der Waals surface area contributed by atoms with Crippen LogP contribution < -0.4 is 9.62 Å². The standard InChI is InChI=1S/C17H16F2N2O2S/c1-21(2)17-8-4-3-6-13(17)7-5-9-20-24(22,23)16-11-14(18)10-15(19)12-16/h3-4,6,8,10-12,20H,9H2,1-2H3. The molecule has 126 valence electrons. The van der Waals surface area contributed by atoms with Crippen LogP contribution in [-0.2, 0) is 10.0 Å². The Hall–Kier alpha value is -2.43. The zero-order valence-corrected chi connectivity index (χ0v) is 14.0. The molecule has 2 aromatic carbocycles. The van der Waals surface area contributed by atoms with E-state index in [4.69, 9.17) is 0 Å². The lowest BCUT2D eigenvalue weighted by Crippen LogP contribution is -2.24. The van der Waals surface area contributed by atoms with Gasteiger partial charge in [0.05, 0.1) is 17.1 Å². The molecule has 1 N–H and O–H groups in total. The highest BCUT2D eigenvalue weighted by molar-refractivity contribution is 7.89. The minimum atomic E-state index is -4.03. The molecular weight excluding hydrogens is 334 g/mol. The highest BCUT2D eigenvalue weighted by atomic mass is 32.2. The van der Waals surface area contributed by atoms with Crippen LogP contribution in [-0.4, -0.2) is 29.1 Å². The first-order valence-electron chi connectivity index (χ1n) is 7.00. The number of benzene rings is 2. The Kier molecular flexibility index (Phi) is 5.54. The van der Waals surface area contributed by atoms with Crippen LogP contribution in [0.4, 0.5) is 14.5 Å². The Balaban J connectivity index is 2.12. The molecule has 2 rings (SSSR count). The summed E-state index contributed by atoms with van der Waals surface area (Å²) in [6.07, 6.45) is 0. The molecule has 24 heavy (non-hydrogen) atoms. The summed E-state index contributed by atoms with van der Waals surface area (Å²) in [5.74, 6) is 3.66. The monoisotopic (exact) mass is 350 g/mol. The third kappa shape index (κ3) is 4.54. The van der Waals surface area contributed by atoms with Gasteiger partial charge in [0, 0.05) is 25.7 Å². The zero-order chi connectivity index (χ0) is 17.7. The van der Waals surface area contributed by atoms with Gasteiger partial charge in [-0.1, -0.05) is 24.0 Å². The maximum absolute atomic E-state index is 13.1. The van der Waals surface area contributed by atoms with E-state index in [0.717, 1.165) is 23.4 Å². The first-order chi connectivity index (χ1) is 11.3. The second-order valence-electron chi connectivity index (χ2n) is 5.14. The van der Waals surface area contributed by atoms with Crippen LogP contribution in [0.2, 0.25) is 0 Å². The molecule has 0 fully saturated rings. The maximum atomic E-state index is 13.1. The fraction of sp³-hybridized carbons (Fsp3) is 0.176. The minimum Gasteiger partial charge on any atom is -0.377 e. The number of para-hydroxylation sites is 1. The number of rotatable bonds is 4. The van der Waals surface area contributed by atoms with E-state index in [-0.39, 0.29) is 6.54 Å². The van der Waals surface area contributed by atoms with Gasteiger partial charge in [0.2, 0.25) is 10.0 Å². The lowest BCUT2D eigenvalue weighted by atomic mass is 10.1. The molecule has 0 spiro atoms. The molecule has 0 heterocycles. The average molecular weight is 350 g/mol. The van der Waals surface area contributed by atoms with Crippen LogP contribution in [0.15, 0.2) is 47.4 Å². The van der Waals surface area contributed by atoms with Gasteiger partial charge in [-0.15, -0.1) is 0 Å². The molecule has 0 aliphatic heterocycles. The zero-order valence-electron chi connectivity index (χ0n) is 13.2. The van der Waals surface area contributed by atoms with Crippen molar-refractivity contribution in [1.29, 1.82) is 0 Å². The van der Waals surface area contributed by atoms with E-state index in [2.05, 4.69) is 16.6 Å². The molecule has 0 radical (unpaired) electrons. The van der Waals surface area contributed by atoms with Gasteiger partial charge in [-0.25, -0.2) is 17.2 Å². The van der Waals surface area contributed by atoms with Gasteiger partial charge in [0.25, 0.3) is 0 Å². The van der Waals surface area contributed by atoms with E-state index < -0.39 is 26.6 Å². The van der Waals surface area contributed by atoms with E-state index in [1.54, 1.807) is 0 Å². The van der Waals surface area contributed by atoms with Crippen molar-refractivity contribution >= 4 is 15.7 Å². The number of hydrogen-bond donors (Lipinski definition) is 1. The third-order valence-electron chi connectivity index (χ3n) is 3.11. The molecule has 0 unspecified atom stereocenters. The van der Waals surface area contributed by atoms with Crippen molar-refractivity contribution in [2.75, 3.05) is 25.5 Å². The highest BCUT2D eigenvalue weighted by Gasteiger charge is 2.15. The first kappa shape index (κ1) is 17.9. The molecule has 2 aromatic rings. The number of sulfonamides is 1. The van der Waals surface area contributed by atoms with Gasteiger partial charge in [0.1, 0.15) is 11.6 Å². The predicted molar refractivity (Wildman–Crippen MR) is 89.2 cm³/mol. The molecule has 4 nitrogen and oxygen atoms in total. The summed E-state index contributed by atoms with van der Waals surface area (Å²) in [7, 11) is -0.276. The quantitative estimate of drug-likeness (QED) is 0.862. The SMILES string of the molecule is CN(C)c1ccccc1C#CCNS(=O)(=O)c1cc(F)cc(F)c1. The summed E-state index contributed by atoms with van der Waals surface area (Å²) < 4.78 is 52.5. The summed E-state index contributed by atoms with van der Waals surface area (Å²) in [5.41, 5.74) is 1.65. The van der Waals surface area contributed by atoms with Gasteiger partial charge in [-0.2, -0.15) is 4.72 Å². The van der Waals surface area contributed by atoms with Gasteiger partial charge in [0.15, 0.2) is 0 Å². The molecule has 0 aromatic heterocycles. The smallest absolute Gasteiger partial charge is 0.241 e. The van der Waals surface area contributed by atoms with Crippen LogP contribution in [0, 0.1) is 23.5 Å². The second kappa shape index (κ2) is 7.43. The largest absolute Gasteiger partial charge is 0.377 e. The molecule has 0 aliphatic carbocycles. The topological polar surface area (TPSA) is 49.4 Å². The van der Waals surface area contributed by atoms with Gasteiger partial charge >= 0.3 is 0 Å². The fourth-order valence-corrected chi connectivity index (χ4v) is 2.97. The van der Waals surface area contributed by atoms with Crippen molar-refractivity contribution in [1.82, 2.24) is 4.72 Å². The number of hydrogen-bond acceptors (Lipinski definition) is 3. The minimum absolute atomic E-state index is 0.178. The summed E-state index contributed by atoms with van der Waals surface area (Å²) in [4.78, 5) is 1.42. The normalized spacial score (nSPS) is 10.8. The maximum Gasteiger partial charge on any atom is 0.241 e. The van der Waals surface area contributed by atoms with Crippen molar-refractivity contribution in [3.8, 4) is 11.8 Å². The van der Waals surface area contributed by atoms with Crippen LogP contribution >= 0.6 is 0 Å². The summed E-state index contributed by atoms with van der Waals surface area (Å²) in [6, 6.07) is 9.53. The molecule has 0 aliphatic rings. The molecule has 0 saturated carbocycles. The molecule has 0 amide bonds. The van der Waals surface area contributed by atoms with Crippen molar-refractivity contribution in [2.45, 2.75) is 4.90 Å². The molecule has 0 bridgehead atoms. The third-order valence-corrected chi connectivity index (χ3v) is 4.49. The van der Waals surface area contributed by atoms with Crippen molar-refractivity contribution in [3.05, 3.63) is 59.7 Å². The van der Waals surface area contributed by atoms with Crippen LogP contribution in [0.1, 0.15) is 5.56 Å². The number of nitrogens with zero attached hydrogens (tertiary/aromatic N) is 1. The van der Waals surface area contributed by atoms with Crippen LogP contribution in [0.3, 0.4) is 0 Å². The van der Waals surface area contributed by atoms with Crippen molar-refractivity contribution in [3.63, 3.8) is 0 Å². The Labute approximate surface area is 140 Å². The second-order valence-corrected chi connectivity index (χ2v) is 6.91. The first-order valence-corrected chi connectivity index (χ1v) is 8.49. The molecule has 7 heteroatoms. The summed E-state index contributed by atoms with van der Waals surface area (Å²) in [6.45, 7) is -0.178. The van der Waals surface area contributed by atoms with E-state index in [1.807, 2.05) is 43.3 Å². The van der Waals surface area contributed by atoms with Gasteiger partial charge in [-0.05, 0) is 24.3 Å². The van der Waals surface area contributed by atoms with E-state index >= 15 is 0 Å². The van der Waals surface area contributed by atoms with Gasteiger partial charge in [-0.3, -0.25) is 0 Å². The number of halogens is 2. The highest BCUT2D eigenvalue weighted by Crippen LogP contribution is 2.16. The lowest BCUT2D eigenvalue weighted by molar-refractivity contribution is 0.563. The Bertz CT molecular complexity index is 880. The van der Waals surface area contributed by atoms with Gasteiger partial charge < -0.3 is 4.90 Å². The van der Waals surface area contributed by atoms with E-state index in [9.17, 15) is 17.2 Å². The summed E-state index contributed by atoms with van der Waals surface area (Å²) in [5, 5.41) is 0. The van der Waals surface area contributed by atoms with E-state index in [1.165, 1.54) is 0 Å². The Morgan fingerprint density at radius 3 is 2.33 bits per heavy atom. The molecule has 0 saturated heterocycles. The fourth-order valence-electron chi connectivity index (χ4n) is 2.01. The summed E-state index contributed by atoms with van der Waals surface area (Å²) >= 11 is 0. The lowest BCUT2D eigenvalue weighted by Gasteiger charge is -2.13. The molecule has 0 atom stereocenters. The Morgan fingerprint density at radius 2 is 1.71 bits per heavy atom. The number of anilines is 1. The molecular formula is C17H16F2N2O2S. The predicted octanol–water partition coefficient (Wildman–Crippen LogP) is 2.36. The average Bonchev–Trinajstić information content (AvgIpc) is 2.51. The number of nitrogens with one attached hydrogen (secondary N) is 1. The van der Waals surface area contributed by atoms with Crippen LogP contribution in [0.25, 0.3) is 0 Å². The van der Waals surface area contributed by atoms with E-state index in [0.29, 0.717) is 6.07 Å². The van der Waals surface area contributed by atoms with Crippen molar-refractivity contribution < 1.29 is 17.2 Å². The van der Waals surface area contributed by atoms with Crippen LogP contribution in [0.5, 0.6) is 0 Å².